The molecule has 0 spiro atoms. The lowest BCUT2D eigenvalue weighted by molar-refractivity contribution is -0.156. The molecule has 8 nitrogen and oxygen atoms in total. The molecule has 3 fully saturated rings. The second-order valence-electron chi connectivity index (χ2n) is 15.9. The van der Waals surface area contributed by atoms with Crippen molar-refractivity contribution in [2.75, 3.05) is 13.2 Å². The number of nitrogens with one attached hydrogen (secondary N) is 1. The summed E-state index contributed by atoms with van der Waals surface area (Å²) in [5, 5.41) is 0. The summed E-state index contributed by atoms with van der Waals surface area (Å²) in [6.07, 6.45) is 26.2. The highest BCUT2D eigenvalue weighted by Gasteiger charge is 2.58. The fourth-order valence-electron chi connectivity index (χ4n) is 10.4. The largest absolute Gasteiger partial charge is 0.461 e. The summed E-state index contributed by atoms with van der Waals surface area (Å²) in [7, 11) is 0. The maximum absolute atomic E-state index is 12.6. The molecule has 1 aromatic rings. The van der Waals surface area contributed by atoms with Gasteiger partial charge in [0.1, 0.15) is 19.3 Å². The van der Waals surface area contributed by atoms with Gasteiger partial charge in [-0.25, -0.2) is 9.59 Å². The Balaban J connectivity index is 0.954. The Morgan fingerprint density at radius 1 is 1.02 bits per heavy atom. The number of carbonyl (C=O) groups is 1. The van der Waals surface area contributed by atoms with Gasteiger partial charge < -0.3 is 14.2 Å². The highest BCUT2D eigenvalue weighted by Crippen LogP contribution is 2.66. The van der Waals surface area contributed by atoms with E-state index in [1.165, 1.54) is 87.8 Å². The molecule has 1 aromatic heterocycles. The third-order valence-electron chi connectivity index (χ3n) is 13.2. The average molecular weight is 651 g/mol. The maximum atomic E-state index is 12.6. The molecular weight excluding hydrogens is 592 g/mol. The van der Waals surface area contributed by atoms with Crippen LogP contribution in [0.4, 0.5) is 0 Å². The summed E-state index contributed by atoms with van der Waals surface area (Å²) in [6, 6.07) is 0. The molecule has 6 unspecified atom stereocenters. The minimum Gasteiger partial charge on any atom is -0.461 e. The summed E-state index contributed by atoms with van der Waals surface area (Å²) in [5.41, 5.74) is 1.83. The van der Waals surface area contributed by atoms with Gasteiger partial charge in [-0.05, 0) is 105 Å². The van der Waals surface area contributed by atoms with Gasteiger partial charge in [-0.15, -0.1) is 0 Å². The summed E-state index contributed by atoms with van der Waals surface area (Å²) in [6.45, 7) is 9.11. The zero-order valence-electron chi connectivity index (χ0n) is 29.3. The van der Waals surface area contributed by atoms with Crippen LogP contribution in [0.15, 0.2) is 39.6 Å². The van der Waals surface area contributed by atoms with E-state index in [0.29, 0.717) is 11.0 Å². The summed E-state index contributed by atoms with van der Waals surface area (Å²) in [4.78, 5) is 38.8. The van der Waals surface area contributed by atoms with E-state index in [1.54, 1.807) is 24.6 Å². The van der Waals surface area contributed by atoms with Gasteiger partial charge in [-0.1, -0.05) is 77.0 Å². The van der Waals surface area contributed by atoms with E-state index in [1.807, 2.05) is 0 Å². The number of rotatable bonds is 13. The van der Waals surface area contributed by atoms with E-state index in [0.717, 1.165) is 42.9 Å². The number of aromatic nitrogens is 2. The number of fused-ring (bicyclic) bond motifs is 5. The van der Waals surface area contributed by atoms with Crippen LogP contribution in [-0.2, 0) is 19.0 Å². The number of aryl methyl sites for hydroxylation is 1. The van der Waals surface area contributed by atoms with E-state index < -0.39 is 29.6 Å². The first kappa shape index (κ1) is 34.4. The van der Waals surface area contributed by atoms with Crippen molar-refractivity contribution in [3.05, 3.63) is 56.4 Å². The van der Waals surface area contributed by atoms with Gasteiger partial charge in [-0.2, -0.15) is 0 Å². The number of H-pyrrole nitrogens is 1. The van der Waals surface area contributed by atoms with Crippen molar-refractivity contribution in [3.8, 4) is 0 Å². The van der Waals surface area contributed by atoms with Gasteiger partial charge in [-0.3, -0.25) is 14.3 Å². The van der Waals surface area contributed by atoms with E-state index in [2.05, 4.69) is 31.8 Å². The number of carbonyl (C=O) groups excluding carboxylic acids is 1. The Bertz CT molecular complexity index is 1440. The molecule has 9 atom stereocenters. The zero-order chi connectivity index (χ0) is 33.2. The van der Waals surface area contributed by atoms with Crippen LogP contribution in [0.5, 0.6) is 0 Å². The minimum absolute atomic E-state index is 0.0443. The topological polar surface area (TPSA) is 99.6 Å². The minimum atomic E-state index is -0.656. The van der Waals surface area contributed by atoms with Crippen molar-refractivity contribution in [1.29, 1.82) is 0 Å². The molecule has 3 saturated carbocycles. The molecule has 47 heavy (non-hydrogen) atoms. The number of hydrogen-bond donors (Lipinski definition) is 1. The number of esters is 1. The second kappa shape index (κ2) is 14.6. The number of nitrogens with zero attached hydrogens (tertiary/aromatic N) is 1. The van der Waals surface area contributed by atoms with Gasteiger partial charge in [0.15, 0.2) is 6.23 Å². The predicted octanol–water partition coefficient (Wildman–Crippen LogP) is 7.56. The van der Waals surface area contributed by atoms with Crippen molar-refractivity contribution in [2.24, 2.45) is 34.5 Å². The molecule has 260 valence electrons. The fraction of sp³-hybridized carbons (Fsp3) is 0.769. The molecule has 0 amide bonds. The van der Waals surface area contributed by atoms with Crippen molar-refractivity contribution < 1.29 is 19.0 Å². The van der Waals surface area contributed by atoms with Crippen LogP contribution < -0.4 is 11.2 Å². The first-order chi connectivity index (χ1) is 22.6. The molecule has 4 aliphatic carbocycles. The lowest BCUT2D eigenvalue weighted by Gasteiger charge is -2.58. The zero-order valence-corrected chi connectivity index (χ0v) is 29.3. The Kier molecular flexibility index (Phi) is 10.7. The number of ether oxygens (including phenoxy) is 3. The van der Waals surface area contributed by atoms with Crippen molar-refractivity contribution in [2.45, 2.75) is 142 Å². The van der Waals surface area contributed by atoms with Gasteiger partial charge in [0.05, 0.1) is 6.10 Å². The van der Waals surface area contributed by atoms with Crippen molar-refractivity contribution in [1.82, 2.24) is 9.55 Å². The molecule has 1 aliphatic heterocycles. The van der Waals surface area contributed by atoms with Gasteiger partial charge in [0.2, 0.25) is 0 Å². The molecular formula is C39H58N2O6. The molecule has 0 aromatic carbocycles. The predicted molar refractivity (Wildman–Crippen MR) is 183 cm³/mol. The molecule has 0 saturated heterocycles. The number of hydrogen-bond acceptors (Lipinski definition) is 6. The standard InChI is InChI=1S/C39H58N2O6/c1-5-6-7-8-9-10-11-27-13-16-32-31-15-12-28-22-29(18-20-39(28,4)33(31)19-21-38(27,32)3)45-25-35(42)46-24-30-14-17-34(47-30)41-23-26(2)36(43)40-37(41)44/h12,14,17,23,27,29-34H,5-11,13,15-16,18-22,24-25H2,1-4H3,(H,40,43,44)/t27?,29-,30-,31?,32?,33?,34+,38?,39?/m0/s1. The lowest BCUT2D eigenvalue weighted by Crippen LogP contribution is -2.50. The monoisotopic (exact) mass is 650 g/mol. The molecule has 0 radical (unpaired) electrons. The lowest BCUT2D eigenvalue weighted by atomic mass is 9.47. The fourth-order valence-corrected chi connectivity index (χ4v) is 10.4. The van der Waals surface area contributed by atoms with Crippen LogP contribution in [0.2, 0.25) is 0 Å². The molecule has 5 aliphatic rings. The van der Waals surface area contributed by atoms with Gasteiger partial charge in [0, 0.05) is 11.8 Å². The summed E-state index contributed by atoms with van der Waals surface area (Å²) < 4.78 is 18.8. The van der Waals surface area contributed by atoms with Crippen molar-refractivity contribution in [3.63, 3.8) is 0 Å². The van der Waals surface area contributed by atoms with Crippen LogP contribution >= 0.6 is 0 Å². The second-order valence-corrected chi connectivity index (χ2v) is 15.9. The molecule has 1 N–H and O–H groups in total. The highest BCUT2D eigenvalue weighted by molar-refractivity contribution is 5.70. The molecule has 0 bridgehead atoms. The molecule has 2 heterocycles. The quantitative estimate of drug-likeness (QED) is 0.134. The Morgan fingerprint density at radius 2 is 1.83 bits per heavy atom. The van der Waals surface area contributed by atoms with Gasteiger partial charge in [0.25, 0.3) is 5.56 Å². The summed E-state index contributed by atoms with van der Waals surface area (Å²) in [5.74, 6) is 2.99. The summed E-state index contributed by atoms with van der Waals surface area (Å²) >= 11 is 0. The van der Waals surface area contributed by atoms with E-state index in [4.69, 9.17) is 14.2 Å². The third-order valence-corrected chi connectivity index (χ3v) is 13.2. The van der Waals surface area contributed by atoms with Crippen LogP contribution in [0.3, 0.4) is 0 Å². The normalized spacial score (nSPS) is 36.0. The maximum Gasteiger partial charge on any atom is 0.332 e. The Morgan fingerprint density at radius 3 is 2.66 bits per heavy atom. The number of aromatic amines is 1. The first-order valence-electron chi connectivity index (χ1n) is 18.7. The van der Waals surface area contributed by atoms with Crippen LogP contribution in [-0.4, -0.2) is 40.9 Å². The van der Waals surface area contributed by atoms with Crippen LogP contribution in [0.25, 0.3) is 0 Å². The Labute approximate surface area is 280 Å². The molecule has 8 heteroatoms. The molecule has 6 rings (SSSR count). The van der Waals surface area contributed by atoms with Gasteiger partial charge >= 0.3 is 11.7 Å². The Hall–Kier alpha value is -2.45. The average Bonchev–Trinajstić information content (AvgIpc) is 3.66. The van der Waals surface area contributed by atoms with Crippen molar-refractivity contribution >= 4 is 5.97 Å². The van der Waals surface area contributed by atoms with E-state index in [9.17, 15) is 14.4 Å². The first-order valence-corrected chi connectivity index (χ1v) is 18.7. The van der Waals surface area contributed by atoms with Crippen LogP contribution in [0.1, 0.15) is 129 Å². The third kappa shape index (κ3) is 7.15. The van der Waals surface area contributed by atoms with E-state index in [-0.39, 0.29) is 24.7 Å². The SMILES string of the molecule is CCCCCCCCC1CCC2C3CC=C4C[C@@H](OCC(=O)OC[C@@H]5C=C[C@H](n6cc(C)c(=O)[nH]c6=O)O5)CCC4(C)C3CCC12C. The highest BCUT2D eigenvalue weighted by atomic mass is 16.6. The smallest absolute Gasteiger partial charge is 0.332 e. The van der Waals surface area contributed by atoms with E-state index >= 15 is 0 Å². The number of unbranched alkanes of at least 4 members (excludes halogenated alkanes) is 5. The van der Waals surface area contributed by atoms with Crippen LogP contribution in [0, 0.1) is 41.4 Å². The number of allylic oxidation sites excluding steroid dienone is 1.